The van der Waals surface area contributed by atoms with E-state index in [0.717, 1.165) is 11.5 Å². The maximum atomic E-state index is 6.00. The van der Waals surface area contributed by atoms with E-state index < -0.39 is 0 Å². The molecule has 1 fully saturated rings. The van der Waals surface area contributed by atoms with Gasteiger partial charge in [-0.1, -0.05) is 0 Å². The first kappa shape index (κ1) is 8.44. The van der Waals surface area contributed by atoms with E-state index in [1.165, 1.54) is 12.8 Å². The summed E-state index contributed by atoms with van der Waals surface area (Å²) in [6.07, 6.45) is 2.41. The topological polar surface area (TPSA) is 30.7 Å². The normalized spacial score (nSPS) is 16.1. The van der Waals surface area contributed by atoms with Crippen molar-refractivity contribution in [1.29, 1.82) is 0 Å². The predicted octanol–water partition coefficient (Wildman–Crippen LogP) is 2.86. The molecule has 3 rings (SSSR count). The van der Waals surface area contributed by atoms with Crippen LogP contribution in [0.2, 0.25) is 5.28 Å². The number of rotatable bonds is 2. The van der Waals surface area contributed by atoms with E-state index in [9.17, 15) is 0 Å². The molecule has 0 aliphatic heterocycles. The highest BCUT2D eigenvalue weighted by Gasteiger charge is 2.30. The molecule has 72 valence electrons. The Bertz CT molecular complexity index is 445. The molecule has 0 N–H and O–H groups in total. The van der Waals surface area contributed by atoms with Crippen LogP contribution in [0.25, 0.3) is 5.69 Å². The SMILES string of the molecule is Clc1nnc(C2CC2)n1-c1ccsc1. The Morgan fingerprint density at radius 2 is 2.29 bits per heavy atom. The van der Waals surface area contributed by atoms with Crippen LogP contribution in [0.1, 0.15) is 24.6 Å². The van der Waals surface area contributed by atoms with Gasteiger partial charge in [-0.3, -0.25) is 4.57 Å². The summed E-state index contributed by atoms with van der Waals surface area (Å²) in [7, 11) is 0. The Hall–Kier alpha value is -0.870. The third kappa shape index (κ3) is 1.26. The van der Waals surface area contributed by atoms with Gasteiger partial charge in [-0.05, 0) is 35.9 Å². The fourth-order valence-electron chi connectivity index (χ4n) is 1.51. The molecule has 0 saturated heterocycles. The van der Waals surface area contributed by atoms with Crippen LogP contribution in [0.4, 0.5) is 0 Å². The third-order valence-electron chi connectivity index (χ3n) is 2.36. The first-order valence-electron chi connectivity index (χ1n) is 4.49. The minimum Gasteiger partial charge on any atom is -0.269 e. The molecule has 0 radical (unpaired) electrons. The summed E-state index contributed by atoms with van der Waals surface area (Å²) in [4.78, 5) is 0. The Morgan fingerprint density at radius 1 is 1.43 bits per heavy atom. The van der Waals surface area contributed by atoms with Crippen molar-refractivity contribution in [1.82, 2.24) is 14.8 Å². The van der Waals surface area contributed by atoms with Crippen LogP contribution in [-0.2, 0) is 0 Å². The third-order valence-corrected chi connectivity index (χ3v) is 3.27. The quantitative estimate of drug-likeness (QED) is 0.787. The summed E-state index contributed by atoms with van der Waals surface area (Å²) in [5.74, 6) is 1.57. The number of nitrogens with zero attached hydrogens (tertiary/aromatic N) is 3. The highest BCUT2D eigenvalue weighted by Crippen LogP contribution is 2.40. The zero-order chi connectivity index (χ0) is 9.54. The average Bonchev–Trinajstić information content (AvgIpc) is 2.75. The van der Waals surface area contributed by atoms with E-state index in [4.69, 9.17) is 11.6 Å². The zero-order valence-electron chi connectivity index (χ0n) is 7.35. The van der Waals surface area contributed by atoms with Gasteiger partial charge in [0.05, 0.1) is 5.69 Å². The molecule has 0 spiro atoms. The van der Waals surface area contributed by atoms with Gasteiger partial charge in [0, 0.05) is 11.3 Å². The van der Waals surface area contributed by atoms with Crippen LogP contribution in [0.15, 0.2) is 16.8 Å². The molecule has 2 aromatic rings. The van der Waals surface area contributed by atoms with Gasteiger partial charge >= 0.3 is 0 Å². The largest absolute Gasteiger partial charge is 0.269 e. The Balaban J connectivity index is 2.14. The van der Waals surface area contributed by atoms with Crippen molar-refractivity contribution in [3.8, 4) is 5.69 Å². The van der Waals surface area contributed by atoms with Gasteiger partial charge in [-0.15, -0.1) is 10.2 Å². The van der Waals surface area contributed by atoms with Crippen molar-refractivity contribution in [2.24, 2.45) is 0 Å². The molecule has 3 nitrogen and oxygen atoms in total. The van der Waals surface area contributed by atoms with E-state index in [-0.39, 0.29) is 0 Å². The van der Waals surface area contributed by atoms with E-state index in [2.05, 4.69) is 15.6 Å². The number of hydrogen-bond acceptors (Lipinski definition) is 3. The molecule has 5 heteroatoms. The Morgan fingerprint density at radius 3 is 2.93 bits per heavy atom. The molecular weight excluding hydrogens is 218 g/mol. The fraction of sp³-hybridized carbons (Fsp3) is 0.333. The van der Waals surface area contributed by atoms with Gasteiger partial charge in [0.25, 0.3) is 0 Å². The second-order valence-corrected chi connectivity index (χ2v) is 4.54. The predicted molar refractivity (Wildman–Crippen MR) is 56.2 cm³/mol. The van der Waals surface area contributed by atoms with E-state index in [1.54, 1.807) is 11.3 Å². The van der Waals surface area contributed by atoms with Gasteiger partial charge < -0.3 is 0 Å². The maximum absolute atomic E-state index is 6.00. The minimum atomic E-state index is 0.463. The van der Waals surface area contributed by atoms with Crippen molar-refractivity contribution in [2.45, 2.75) is 18.8 Å². The lowest BCUT2D eigenvalue weighted by Crippen LogP contribution is -1.98. The lowest BCUT2D eigenvalue weighted by Gasteiger charge is -2.02. The maximum Gasteiger partial charge on any atom is 0.229 e. The van der Waals surface area contributed by atoms with Crippen molar-refractivity contribution >= 4 is 22.9 Å². The monoisotopic (exact) mass is 225 g/mol. The molecule has 0 atom stereocenters. The molecule has 14 heavy (non-hydrogen) atoms. The minimum absolute atomic E-state index is 0.463. The first-order chi connectivity index (χ1) is 6.86. The average molecular weight is 226 g/mol. The van der Waals surface area contributed by atoms with Crippen LogP contribution in [0.5, 0.6) is 0 Å². The smallest absolute Gasteiger partial charge is 0.229 e. The lowest BCUT2D eigenvalue weighted by atomic mass is 10.4. The molecule has 0 unspecified atom stereocenters. The molecule has 2 heterocycles. The van der Waals surface area contributed by atoms with Crippen molar-refractivity contribution in [2.75, 3.05) is 0 Å². The number of halogens is 1. The standard InChI is InChI=1S/C9H8ClN3S/c10-9-12-11-8(6-1-2-6)13(9)7-3-4-14-5-7/h3-6H,1-2H2. The van der Waals surface area contributed by atoms with Crippen LogP contribution in [0.3, 0.4) is 0 Å². The second-order valence-electron chi connectivity index (χ2n) is 3.42. The van der Waals surface area contributed by atoms with Crippen LogP contribution in [0, 0.1) is 0 Å². The molecule has 0 amide bonds. The van der Waals surface area contributed by atoms with Crippen LogP contribution >= 0.6 is 22.9 Å². The highest BCUT2D eigenvalue weighted by molar-refractivity contribution is 7.08. The lowest BCUT2D eigenvalue weighted by molar-refractivity contribution is 0.874. The number of hydrogen-bond donors (Lipinski definition) is 0. The highest BCUT2D eigenvalue weighted by atomic mass is 35.5. The fourth-order valence-corrected chi connectivity index (χ4v) is 2.35. The summed E-state index contributed by atoms with van der Waals surface area (Å²) in [5.41, 5.74) is 1.08. The van der Waals surface area contributed by atoms with Gasteiger partial charge in [-0.2, -0.15) is 11.3 Å². The number of aromatic nitrogens is 3. The zero-order valence-corrected chi connectivity index (χ0v) is 8.92. The summed E-state index contributed by atoms with van der Waals surface area (Å²) in [5, 5.41) is 12.6. The second kappa shape index (κ2) is 3.07. The van der Waals surface area contributed by atoms with E-state index >= 15 is 0 Å². The summed E-state index contributed by atoms with van der Waals surface area (Å²) in [6, 6.07) is 2.03. The Labute approximate surface area is 90.3 Å². The molecule has 2 aromatic heterocycles. The van der Waals surface area contributed by atoms with Crippen molar-refractivity contribution in [3.63, 3.8) is 0 Å². The molecule has 1 aliphatic carbocycles. The van der Waals surface area contributed by atoms with Gasteiger partial charge in [0.2, 0.25) is 5.28 Å². The van der Waals surface area contributed by atoms with Crippen LogP contribution in [-0.4, -0.2) is 14.8 Å². The molecule has 1 saturated carbocycles. The van der Waals surface area contributed by atoms with E-state index in [1.807, 2.05) is 16.0 Å². The molecule has 0 bridgehead atoms. The van der Waals surface area contributed by atoms with E-state index in [0.29, 0.717) is 11.2 Å². The number of thiophene rings is 1. The molecule has 1 aliphatic rings. The Kier molecular flexibility index (Phi) is 1.85. The van der Waals surface area contributed by atoms with Gasteiger partial charge in [0.15, 0.2) is 0 Å². The molecule has 0 aromatic carbocycles. The van der Waals surface area contributed by atoms with Gasteiger partial charge in [-0.25, -0.2) is 0 Å². The van der Waals surface area contributed by atoms with Crippen molar-refractivity contribution in [3.05, 3.63) is 27.9 Å². The van der Waals surface area contributed by atoms with Crippen LogP contribution < -0.4 is 0 Å². The summed E-state index contributed by atoms with van der Waals surface area (Å²) in [6.45, 7) is 0. The molecular formula is C9H8ClN3S. The van der Waals surface area contributed by atoms with Crippen molar-refractivity contribution < 1.29 is 0 Å². The van der Waals surface area contributed by atoms with Gasteiger partial charge in [0.1, 0.15) is 5.82 Å². The summed E-state index contributed by atoms with van der Waals surface area (Å²) < 4.78 is 1.94. The first-order valence-corrected chi connectivity index (χ1v) is 5.82. The summed E-state index contributed by atoms with van der Waals surface area (Å²) >= 11 is 7.65.